The minimum absolute atomic E-state index is 0.642. The van der Waals surface area contributed by atoms with E-state index in [1.165, 1.54) is 27.8 Å². The average molecular weight is 268 g/mol. The van der Waals surface area contributed by atoms with Gasteiger partial charge in [0, 0.05) is 6.42 Å². The molecule has 0 spiro atoms. The van der Waals surface area contributed by atoms with Gasteiger partial charge in [-0.2, -0.15) is 0 Å². The Morgan fingerprint density at radius 1 is 0.850 bits per heavy atom. The molecular weight excluding hydrogens is 244 g/mol. The van der Waals surface area contributed by atoms with E-state index in [2.05, 4.69) is 64.1 Å². The zero-order valence-electron chi connectivity index (χ0n) is 13.1. The van der Waals surface area contributed by atoms with Crippen LogP contribution in [0.15, 0.2) is 36.4 Å². The average Bonchev–Trinajstić information content (AvgIpc) is 2.32. The monoisotopic (exact) mass is 268 g/mol. The third-order valence-corrected chi connectivity index (χ3v) is 3.88. The third kappa shape index (κ3) is 3.29. The molecule has 0 radical (unpaired) electrons. The molecule has 2 rings (SSSR count). The van der Waals surface area contributed by atoms with Gasteiger partial charge in [0.25, 0.3) is 0 Å². The van der Waals surface area contributed by atoms with E-state index in [9.17, 15) is 5.11 Å². The van der Waals surface area contributed by atoms with Crippen LogP contribution in [0.4, 0.5) is 0 Å². The normalized spacial score (nSPS) is 14.1. The van der Waals surface area contributed by atoms with E-state index in [4.69, 9.17) is 0 Å². The second-order valence-electron chi connectivity index (χ2n) is 6.26. The van der Waals surface area contributed by atoms with Gasteiger partial charge in [-0.15, -0.1) is 0 Å². The smallest absolute Gasteiger partial charge is 0.0909 e. The Morgan fingerprint density at radius 2 is 1.45 bits per heavy atom. The van der Waals surface area contributed by atoms with Gasteiger partial charge in [-0.3, -0.25) is 0 Å². The molecule has 0 aliphatic carbocycles. The van der Waals surface area contributed by atoms with Crippen LogP contribution < -0.4 is 0 Å². The molecule has 2 aromatic carbocycles. The Kier molecular flexibility index (Phi) is 4.01. The summed E-state index contributed by atoms with van der Waals surface area (Å²) in [4.78, 5) is 0. The number of hydrogen-bond donors (Lipinski definition) is 1. The van der Waals surface area contributed by atoms with Gasteiger partial charge in [-0.05, 0) is 51.3 Å². The summed E-state index contributed by atoms with van der Waals surface area (Å²) in [6.45, 7) is 10.2. The fourth-order valence-electron chi connectivity index (χ4n) is 2.75. The van der Waals surface area contributed by atoms with Crippen molar-refractivity contribution >= 4 is 0 Å². The highest BCUT2D eigenvalue weighted by molar-refractivity contribution is 5.36. The van der Waals surface area contributed by atoms with Crippen LogP contribution in [0, 0.1) is 27.7 Å². The minimum Gasteiger partial charge on any atom is -0.385 e. The van der Waals surface area contributed by atoms with E-state index in [0.29, 0.717) is 6.42 Å². The maximum absolute atomic E-state index is 10.9. The molecule has 2 aromatic rings. The predicted molar refractivity (Wildman–Crippen MR) is 85.1 cm³/mol. The highest BCUT2D eigenvalue weighted by Gasteiger charge is 2.24. The van der Waals surface area contributed by atoms with Crippen LogP contribution in [-0.4, -0.2) is 5.11 Å². The molecule has 0 amide bonds. The van der Waals surface area contributed by atoms with Gasteiger partial charge in [0.1, 0.15) is 0 Å². The molecule has 1 atom stereocenters. The van der Waals surface area contributed by atoms with Crippen LogP contribution in [0.2, 0.25) is 0 Å². The molecule has 1 N–H and O–H groups in total. The second-order valence-corrected chi connectivity index (χ2v) is 6.26. The molecule has 0 heterocycles. The van der Waals surface area contributed by atoms with Gasteiger partial charge in [0.15, 0.2) is 0 Å². The zero-order chi connectivity index (χ0) is 14.9. The molecule has 1 unspecified atom stereocenters. The number of aryl methyl sites for hydroxylation is 4. The van der Waals surface area contributed by atoms with Gasteiger partial charge in [-0.25, -0.2) is 0 Å². The highest BCUT2D eigenvalue weighted by Crippen LogP contribution is 2.28. The van der Waals surface area contributed by atoms with E-state index in [-0.39, 0.29) is 0 Å². The van der Waals surface area contributed by atoms with E-state index in [0.717, 1.165) is 5.56 Å². The largest absolute Gasteiger partial charge is 0.385 e. The first-order chi connectivity index (χ1) is 9.28. The van der Waals surface area contributed by atoms with Crippen LogP contribution in [0.3, 0.4) is 0 Å². The first-order valence-electron chi connectivity index (χ1n) is 7.15. The van der Waals surface area contributed by atoms with Gasteiger partial charge in [-0.1, -0.05) is 53.1 Å². The van der Waals surface area contributed by atoms with Gasteiger partial charge >= 0.3 is 0 Å². The molecule has 1 heteroatoms. The molecule has 0 bridgehead atoms. The van der Waals surface area contributed by atoms with Crippen LogP contribution in [0.25, 0.3) is 0 Å². The summed E-state index contributed by atoms with van der Waals surface area (Å²) in [5.74, 6) is 0. The predicted octanol–water partition coefficient (Wildman–Crippen LogP) is 4.37. The van der Waals surface area contributed by atoms with E-state index < -0.39 is 5.60 Å². The van der Waals surface area contributed by atoms with Crippen molar-refractivity contribution in [3.05, 3.63) is 69.8 Å². The Hall–Kier alpha value is -1.60. The lowest BCUT2D eigenvalue weighted by Crippen LogP contribution is -2.25. The van der Waals surface area contributed by atoms with E-state index in [1.807, 2.05) is 6.92 Å². The molecule has 0 aromatic heterocycles. The van der Waals surface area contributed by atoms with Crippen LogP contribution in [0.5, 0.6) is 0 Å². The molecule has 1 nitrogen and oxygen atoms in total. The van der Waals surface area contributed by atoms with Crippen LogP contribution in [0.1, 0.15) is 40.3 Å². The summed E-state index contributed by atoms with van der Waals surface area (Å²) in [7, 11) is 0. The summed E-state index contributed by atoms with van der Waals surface area (Å²) < 4.78 is 0. The standard InChI is InChI=1S/C19H24O/c1-13-6-7-16(4)17(9-13)12-19(5,20)18-10-14(2)8-15(3)11-18/h6-11,20H,12H2,1-5H3. The summed E-state index contributed by atoms with van der Waals surface area (Å²) in [6.07, 6.45) is 0.642. The van der Waals surface area contributed by atoms with Gasteiger partial charge < -0.3 is 5.11 Å². The number of hydrogen-bond acceptors (Lipinski definition) is 1. The van der Waals surface area contributed by atoms with Crippen LogP contribution in [-0.2, 0) is 12.0 Å². The summed E-state index contributed by atoms with van der Waals surface area (Å²) in [5.41, 5.74) is 6.24. The SMILES string of the molecule is Cc1cc(C)cc(C(C)(O)Cc2cc(C)ccc2C)c1. The molecular formula is C19H24O. The number of benzene rings is 2. The maximum Gasteiger partial charge on any atom is 0.0909 e. The van der Waals surface area contributed by atoms with Crippen molar-refractivity contribution < 1.29 is 5.11 Å². The Bertz CT molecular complexity index is 603. The molecule has 0 aliphatic rings. The Labute approximate surface area is 122 Å². The maximum atomic E-state index is 10.9. The van der Waals surface area contributed by atoms with Crippen molar-refractivity contribution in [2.45, 2.75) is 46.6 Å². The van der Waals surface area contributed by atoms with Crippen molar-refractivity contribution in [2.75, 3.05) is 0 Å². The lowest BCUT2D eigenvalue weighted by atomic mass is 9.85. The minimum atomic E-state index is -0.838. The molecule has 0 saturated carbocycles. The van der Waals surface area contributed by atoms with Crippen molar-refractivity contribution in [1.29, 1.82) is 0 Å². The third-order valence-electron chi connectivity index (χ3n) is 3.88. The molecule has 0 fully saturated rings. The molecule has 20 heavy (non-hydrogen) atoms. The topological polar surface area (TPSA) is 20.2 Å². The van der Waals surface area contributed by atoms with Crippen LogP contribution >= 0.6 is 0 Å². The first-order valence-corrected chi connectivity index (χ1v) is 7.15. The molecule has 0 aliphatic heterocycles. The van der Waals surface area contributed by atoms with Crippen molar-refractivity contribution in [3.8, 4) is 0 Å². The summed E-state index contributed by atoms with van der Waals surface area (Å²) in [6, 6.07) is 12.7. The first kappa shape index (κ1) is 14.8. The summed E-state index contributed by atoms with van der Waals surface area (Å²) >= 11 is 0. The van der Waals surface area contributed by atoms with E-state index >= 15 is 0 Å². The van der Waals surface area contributed by atoms with Crippen molar-refractivity contribution in [3.63, 3.8) is 0 Å². The molecule has 106 valence electrons. The van der Waals surface area contributed by atoms with E-state index in [1.54, 1.807) is 0 Å². The van der Waals surface area contributed by atoms with Gasteiger partial charge in [0.05, 0.1) is 5.60 Å². The lowest BCUT2D eigenvalue weighted by molar-refractivity contribution is 0.0573. The van der Waals surface area contributed by atoms with Crippen molar-refractivity contribution in [1.82, 2.24) is 0 Å². The quantitative estimate of drug-likeness (QED) is 0.876. The molecule has 0 saturated heterocycles. The zero-order valence-corrected chi connectivity index (χ0v) is 13.1. The van der Waals surface area contributed by atoms with Gasteiger partial charge in [0.2, 0.25) is 0 Å². The van der Waals surface area contributed by atoms with Crippen molar-refractivity contribution in [2.24, 2.45) is 0 Å². The second kappa shape index (κ2) is 5.41. The highest BCUT2D eigenvalue weighted by atomic mass is 16.3. The number of aliphatic hydroxyl groups is 1. The Morgan fingerprint density at radius 3 is 2.05 bits per heavy atom. The Balaban J connectivity index is 2.37. The fourth-order valence-corrected chi connectivity index (χ4v) is 2.75. The lowest BCUT2D eigenvalue weighted by Gasteiger charge is -2.26. The fraction of sp³-hybridized carbons (Fsp3) is 0.368. The summed E-state index contributed by atoms with van der Waals surface area (Å²) in [5, 5.41) is 10.9. The number of rotatable bonds is 3.